The van der Waals surface area contributed by atoms with Crippen LogP contribution in [0.3, 0.4) is 0 Å². The highest BCUT2D eigenvalue weighted by molar-refractivity contribution is 7.91. The second kappa shape index (κ2) is 7.53. The molecule has 2 saturated heterocycles. The fraction of sp³-hybridized carbons (Fsp3) is 0.529. The van der Waals surface area contributed by atoms with Crippen molar-refractivity contribution in [2.75, 3.05) is 41.5 Å². The van der Waals surface area contributed by atoms with Gasteiger partial charge in [0.1, 0.15) is 6.61 Å². The Balaban J connectivity index is 1.49. The van der Waals surface area contributed by atoms with Crippen LogP contribution in [0.5, 0.6) is 0 Å². The highest BCUT2D eigenvalue weighted by Gasteiger charge is 2.28. The summed E-state index contributed by atoms with van der Waals surface area (Å²) in [7, 11) is -2.90. The summed E-state index contributed by atoms with van der Waals surface area (Å²) in [6, 6.07) is 7.11. The molecule has 0 aromatic heterocycles. The van der Waals surface area contributed by atoms with Crippen LogP contribution in [0.15, 0.2) is 24.3 Å². The normalized spacial score (nSPS) is 22.8. The van der Waals surface area contributed by atoms with Crippen molar-refractivity contribution < 1.29 is 22.7 Å². The zero-order chi connectivity index (χ0) is 17.9. The molecular weight excluding hydrogens is 344 g/mol. The van der Waals surface area contributed by atoms with Crippen molar-refractivity contribution in [3.63, 3.8) is 0 Å². The molecule has 7 nitrogen and oxygen atoms in total. The fourth-order valence-corrected chi connectivity index (χ4v) is 5.08. The van der Waals surface area contributed by atoms with E-state index >= 15 is 0 Å². The van der Waals surface area contributed by atoms with Crippen LogP contribution < -0.4 is 10.2 Å². The predicted molar refractivity (Wildman–Crippen MR) is 94.2 cm³/mol. The van der Waals surface area contributed by atoms with Gasteiger partial charge in [-0.05, 0) is 43.0 Å². The largest absolute Gasteiger partial charge is 0.370 e. The van der Waals surface area contributed by atoms with Gasteiger partial charge in [-0.1, -0.05) is 0 Å². The molecule has 136 valence electrons. The maximum atomic E-state index is 12.0. The predicted octanol–water partition coefficient (Wildman–Crippen LogP) is 1.20. The van der Waals surface area contributed by atoms with Crippen molar-refractivity contribution in [3.05, 3.63) is 24.3 Å². The van der Waals surface area contributed by atoms with Gasteiger partial charge in [-0.2, -0.15) is 0 Å². The number of sulfone groups is 1. The molecule has 1 atom stereocenters. The van der Waals surface area contributed by atoms with Crippen LogP contribution in [0, 0.1) is 5.92 Å². The lowest BCUT2D eigenvalue weighted by molar-refractivity contribution is -0.125. The van der Waals surface area contributed by atoms with Crippen molar-refractivity contribution in [3.8, 4) is 0 Å². The van der Waals surface area contributed by atoms with Crippen molar-refractivity contribution in [2.45, 2.75) is 19.3 Å². The Hall–Kier alpha value is -1.93. The summed E-state index contributed by atoms with van der Waals surface area (Å²) in [5, 5.41) is 2.81. The Kier molecular flexibility index (Phi) is 5.39. The molecule has 2 heterocycles. The minimum absolute atomic E-state index is 0.0745. The van der Waals surface area contributed by atoms with Crippen LogP contribution in [-0.2, 0) is 24.2 Å². The summed E-state index contributed by atoms with van der Waals surface area (Å²) >= 11 is 0. The zero-order valence-electron chi connectivity index (χ0n) is 13.9. The van der Waals surface area contributed by atoms with E-state index in [9.17, 15) is 18.0 Å². The lowest BCUT2D eigenvalue weighted by atomic mass is 10.0. The first-order valence-electron chi connectivity index (χ1n) is 8.41. The van der Waals surface area contributed by atoms with E-state index in [1.165, 1.54) is 0 Å². The summed E-state index contributed by atoms with van der Waals surface area (Å²) in [6.45, 7) is 1.13. The van der Waals surface area contributed by atoms with Crippen molar-refractivity contribution in [1.82, 2.24) is 0 Å². The number of hydrogen-bond donors (Lipinski definition) is 1. The van der Waals surface area contributed by atoms with Gasteiger partial charge in [0.2, 0.25) is 5.91 Å². The number of carbonyl (C=O) groups is 2. The molecule has 1 aromatic rings. The number of benzene rings is 1. The number of hydrogen-bond acceptors (Lipinski definition) is 5. The Bertz CT molecular complexity index is 745. The number of ether oxygens (including phenoxy) is 1. The molecular formula is C17H22N2O5S. The van der Waals surface area contributed by atoms with Crippen LogP contribution in [0.25, 0.3) is 0 Å². The molecule has 3 rings (SSSR count). The molecule has 1 unspecified atom stereocenters. The topological polar surface area (TPSA) is 92.8 Å². The number of nitrogens with zero attached hydrogens (tertiary/aromatic N) is 1. The minimum Gasteiger partial charge on any atom is -0.370 e. The van der Waals surface area contributed by atoms with E-state index in [0.29, 0.717) is 38.1 Å². The molecule has 8 heteroatoms. The number of amides is 2. The molecule has 2 aliphatic rings. The SMILES string of the molecule is O=C(CCC1CCS(=O)(=O)C1)Nc1ccc(N2CCOCC2=O)cc1. The highest BCUT2D eigenvalue weighted by Crippen LogP contribution is 2.23. The second-order valence-electron chi connectivity index (χ2n) is 6.50. The molecule has 0 spiro atoms. The van der Waals surface area contributed by atoms with Gasteiger partial charge in [0, 0.05) is 24.3 Å². The first kappa shape index (κ1) is 17.9. The van der Waals surface area contributed by atoms with E-state index in [1.54, 1.807) is 29.2 Å². The van der Waals surface area contributed by atoms with Crippen LogP contribution >= 0.6 is 0 Å². The van der Waals surface area contributed by atoms with E-state index < -0.39 is 9.84 Å². The van der Waals surface area contributed by atoms with Crippen LogP contribution in [-0.4, -0.2) is 51.5 Å². The molecule has 0 aliphatic carbocycles. The van der Waals surface area contributed by atoms with Crippen molar-refractivity contribution in [1.29, 1.82) is 0 Å². The third-order valence-electron chi connectivity index (χ3n) is 4.55. The van der Waals surface area contributed by atoms with Crippen molar-refractivity contribution >= 4 is 33.0 Å². The number of anilines is 2. The van der Waals surface area contributed by atoms with Gasteiger partial charge in [0.05, 0.1) is 18.1 Å². The van der Waals surface area contributed by atoms with Crippen LogP contribution in [0.1, 0.15) is 19.3 Å². The quantitative estimate of drug-likeness (QED) is 0.845. The van der Waals surface area contributed by atoms with E-state index in [1.807, 2.05) is 0 Å². The zero-order valence-corrected chi connectivity index (χ0v) is 14.8. The summed E-state index contributed by atoms with van der Waals surface area (Å²) in [5.74, 6) is 0.323. The molecule has 0 saturated carbocycles. The standard InChI is InChI=1S/C17H22N2O5S/c20-16(6-1-13-7-10-25(22,23)12-13)18-14-2-4-15(5-3-14)19-8-9-24-11-17(19)21/h2-5,13H,1,6-12H2,(H,18,20). The second-order valence-corrected chi connectivity index (χ2v) is 8.73. The molecule has 25 heavy (non-hydrogen) atoms. The van der Waals surface area contributed by atoms with E-state index in [4.69, 9.17) is 4.74 Å². The average Bonchev–Trinajstić information content (AvgIpc) is 2.93. The Morgan fingerprint density at radius 1 is 1.28 bits per heavy atom. The van der Waals surface area contributed by atoms with Crippen molar-refractivity contribution in [2.24, 2.45) is 5.92 Å². The summed E-state index contributed by atoms with van der Waals surface area (Å²) in [4.78, 5) is 25.5. The number of carbonyl (C=O) groups excluding carboxylic acids is 2. The Morgan fingerprint density at radius 3 is 2.68 bits per heavy atom. The van der Waals surface area contributed by atoms with E-state index in [2.05, 4.69) is 5.32 Å². The third kappa shape index (κ3) is 4.79. The van der Waals surface area contributed by atoms with Gasteiger partial charge >= 0.3 is 0 Å². The van der Waals surface area contributed by atoms with E-state index in [0.717, 1.165) is 5.69 Å². The number of nitrogens with one attached hydrogen (secondary N) is 1. The van der Waals surface area contributed by atoms with Gasteiger partial charge in [0.25, 0.3) is 5.91 Å². The molecule has 0 bridgehead atoms. The maximum Gasteiger partial charge on any atom is 0.253 e. The first-order chi connectivity index (χ1) is 11.9. The van der Waals surface area contributed by atoms with Gasteiger partial charge in [-0.15, -0.1) is 0 Å². The van der Waals surface area contributed by atoms with Crippen LogP contribution in [0.4, 0.5) is 11.4 Å². The third-order valence-corrected chi connectivity index (χ3v) is 6.39. The molecule has 0 radical (unpaired) electrons. The van der Waals surface area contributed by atoms with Gasteiger partial charge in [-0.3, -0.25) is 9.59 Å². The molecule has 1 aromatic carbocycles. The molecule has 2 amide bonds. The summed E-state index contributed by atoms with van der Waals surface area (Å²) < 4.78 is 28.0. The number of morpholine rings is 1. The summed E-state index contributed by atoms with van der Waals surface area (Å²) in [5.41, 5.74) is 1.44. The van der Waals surface area contributed by atoms with Gasteiger partial charge < -0.3 is 15.0 Å². The molecule has 2 fully saturated rings. The fourth-order valence-electron chi connectivity index (χ4n) is 3.17. The smallest absolute Gasteiger partial charge is 0.253 e. The molecule has 1 N–H and O–H groups in total. The summed E-state index contributed by atoms with van der Waals surface area (Å²) in [6.07, 6.45) is 1.55. The number of rotatable bonds is 5. The van der Waals surface area contributed by atoms with Crippen LogP contribution in [0.2, 0.25) is 0 Å². The van der Waals surface area contributed by atoms with E-state index in [-0.39, 0.29) is 35.8 Å². The first-order valence-corrected chi connectivity index (χ1v) is 10.2. The lowest BCUT2D eigenvalue weighted by Crippen LogP contribution is -2.41. The van der Waals surface area contributed by atoms with Gasteiger partial charge in [0.15, 0.2) is 9.84 Å². The van der Waals surface area contributed by atoms with Gasteiger partial charge in [-0.25, -0.2) is 8.42 Å². The minimum atomic E-state index is -2.90. The monoisotopic (exact) mass is 366 g/mol. The molecule has 2 aliphatic heterocycles. The maximum absolute atomic E-state index is 12.0. The Labute approximate surface area is 147 Å². The Morgan fingerprint density at radius 2 is 2.04 bits per heavy atom. The highest BCUT2D eigenvalue weighted by atomic mass is 32.2. The average molecular weight is 366 g/mol. The lowest BCUT2D eigenvalue weighted by Gasteiger charge is -2.26.